The van der Waals surface area contributed by atoms with E-state index in [0.717, 1.165) is 30.4 Å². The molecule has 0 saturated heterocycles. The zero-order valence-electron chi connectivity index (χ0n) is 26.7. The van der Waals surface area contributed by atoms with Crippen LogP contribution in [0.2, 0.25) is 0 Å². The second kappa shape index (κ2) is 17.4. The number of hydrogen-bond acceptors (Lipinski definition) is 6. The number of hydrogen-bond donors (Lipinski definition) is 4. The Kier molecular flexibility index (Phi) is 13.7. The monoisotopic (exact) mass is 607 g/mol. The van der Waals surface area contributed by atoms with Crippen LogP contribution in [0.5, 0.6) is 0 Å². The Morgan fingerprint density at radius 2 is 1.66 bits per heavy atom. The van der Waals surface area contributed by atoms with Crippen LogP contribution in [0, 0.1) is 5.92 Å². The van der Waals surface area contributed by atoms with Crippen molar-refractivity contribution in [3.8, 4) is 0 Å². The van der Waals surface area contributed by atoms with Gasteiger partial charge in [-0.2, -0.15) is 0 Å². The van der Waals surface area contributed by atoms with Crippen LogP contribution in [-0.2, 0) is 32.1 Å². The first-order chi connectivity index (χ1) is 21.1. The average molecular weight is 608 g/mol. The summed E-state index contributed by atoms with van der Waals surface area (Å²) < 4.78 is 5.28. The van der Waals surface area contributed by atoms with E-state index in [2.05, 4.69) is 33.4 Å². The van der Waals surface area contributed by atoms with Gasteiger partial charge in [0.15, 0.2) is 0 Å². The summed E-state index contributed by atoms with van der Waals surface area (Å²) in [5, 5.41) is 11.7. The maximum absolute atomic E-state index is 13.8. The molecule has 2 aromatic rings. The molecule has 1 aliphatic carbocycles. The van der Waals surface area contributed by atoms with Gasteiger partial charge in [0, 0.05) is 13.6 Å². The number of nitrogens with one attached hydrogen (secondary N) is 4. The van der Waals surface area contributed by atoms with Gasteiger partial charge in [0.05, 0.1) is 12.1 Å². The van der Waals surface area contributed by atoms with Gasteiger partial charge < -0.3 is 30.9 Å². The summed E-state index contributed by atoms with van der Waals surface area (Å²) in [6, 6.07) is 15.5. The van der Waals surface area contributed by atoms with E-state index in [1.807, 2.05) is 56.3 Å². The van der Waals surface area contributed by atoms with Gasteiger partial charge in [-0.05, 0) is 75.1 Å². The van der Waals surface area contributed by atoms with E-state index in [0.29, 0.717) is 25.8 Å². The minimum atomic E-state index is -0.782. The lowest BCUT2D eigenvalue weighted by atomic mass is 9.87. The van der Waals surface area contributed by atoms with Crippen LogP contribution in [0.25, 0.3) is 0 Å². The van der Waals surface area contributed by atoms with Crippen molar-refractivity contribution in [1.82, 2.24) is 26.2 Å². The van der Waals surface area contributed by atoms with Gasteiger partial charge in [0.2, 0.25) is 17.7 Å². The Bertz CT molecular complexity index is 1240. The molecule has 4 N–H and O–H groups in total. The maximum atomic E-state index is 13.8. The van der Waals surface area contributed by atoms with Gasteiger partial charge >= 0.3 is 6.09 Å². The summed E-state index contributed by atoms with van der Waals surface area (Å²) in [5.41, 5.74) is 3.25. The largest absolute Gasteiger partial charge is 0.445 e. The lowest BCUT2D eigenvalue weighted by molar-refractivity contribution is -0.143. The molecule has 4 unspecified atom stereocenters. The van der Waals surface area contributed by atoms with Crippen LogP contribution in [0.15, 0.2) is 54.6 Å². The van der Waals surface area contributed by atoms with E-state index < -0.39 is 24.2 Å². The number of likely N-dealkylation sites (N-methyl/N-ethyl adjacent to an activating group) is 2. The highest BCUT2D eigenvalue weighted by Gasteiger charge is 2.35. The van der Waals surface area contributed by atoms with E-state index >= 15 is 0 Å². The molecular weight excluding hydrogens is 558 g/mol. The highest BCUT2D eigenvalue weighted by atomic mass is 16.5. The summed E-state index contributed by atoms with van der Waals surface area (Å²) in [7, 11) is 3.31. The second-order valence-electron chi connectivity index (χ2n) is 11.8. The van der Waals surface area contributed by atoms with Gasteiger partial charge in [-0.25, -0.2) is 4.79 Å². The van der Waals surface area contributed by atoms with Gasteiger partial charge in [0.25, 0.3) is 0 Å². The third-order valence-corrected chi connectivity index (χ3v) is 8.25. The SMILES string of the molecule is CNC(C)C(=O)NC(C(=O)N(C)C(CCCCNC(=O)OCc1ccccc1)C(=O)NC1CCCc2ccccc21)C(C)C. The molecule has 3 rings (SSSR count). The first-order valence-electron chi connectivity index (χ1n) is 15.7. The fourth-order valence-corrected chi connectivity index (χ4v) is 5.40. The minimum absolute atomic E-state index is 0.128. The Labute approximate surface area is 261 Å². The topological polar surface area (TPSA) is 129 Å². The zero-order valence-corrected chi connectivity index (χ0v) is 26.7. The van der Waals surface area contributed by atoms with Gasteiger partial charge in [-0.15, -0.1) is 0 Å². The van der Waals surface area contributed by atoms with Crippen LogP contribution in [-0.4, -0.2) is 67.5 Å². The van der Waals surface area contributed by atoms with E-state index in [1.165, 1.54) is 10.5 Å². The highest BCUT2D eigenvalue weighted by Crippen LogP contribution is 2.30. The minimum Gasteiger partial charge on any atom is -0.445 e. The Morgan fingerprint density at radius 1 is 0.955 bits per heavy atom. The number of alkyl carbamates (subject to hydrolysis) is 1. The molecule has 0 saturated carbocycles. The summed E-state index contributed by atoms with van der Waals surface area (Å²) in [5.74, 6) is -1.00. The first kappa shape index (κ1) is 34.6. The second-order valence-corrected chi connectivity index (χ2v) is 11.8. The third kappa shape index (κ3) is 10.1. The predicted molar refractivity (Wildman–Crippen MR) is 171 cm³/mol. The van der Waals surface area contributed by atoms with Crippen molar-refractivity contribution in [2.24, 2.45) is 5.92 Å². The number of benzene rings is 2. The van der Waals surface area contributed by atoms with Crippen LogP contribution in [0.4, 0.5) is 4.79 Å². The molecule has 4 amide bonds. The van der Waals surface area contributed by atoms with Crippen molar-refractivity contribution in [1.29, 1.82) is 0 Å². The number of fused-ring (bicyclic) bond motifs is 1. The average Bonchev–Trinajstić information content (AvgIpc) is 3.03. The summed E-state index contributed by atoms with van der Waals surface area (Å²) in [4.78, 5) is 53.9. The smallest absolute Gasteiger partial charge is 0.407 e. The molecule has 0 heterocycles. The number of carbonyl (C=O) groups excluding carboxylic acids is 4. The van der Waals surface area contributed by atoms with Crippen LogP contribution >= 0.6 is 0 Å². The fraction of sp³-hybridized carbons (Fsp3) is 0.529. The normalized spacial score (nSPS) is 16.2. The summed E-state index contributed by atoms with van der Waals surface area (Å²) in [6.07, 6.45) is 3.86. The number of amides is 4. The number of aryl methyl sites for hydroxylation is 1. The third-order valence-electron chi connectivity index (χ3n) is 8.25. The molecule has 0 spiro atoms. The molecule has 10 nitrogen and oxygen atoms in total. The van der Waals surface area contributed by atoms with E-state index in [4.69, 9.17) is 4.74 Å². The zero-order chi connectivity index (χ0) is 32.1. The van der Waals surface area contributed by atoms with Gasteiger partial charge in [-0.1, -0.05) is 68.4 Å². The predicted octanol–water partition coefficient (Wildman–Crippen LogP) is 3.85. The van der Waals surface area contributed by atoms with E-state index in [9.17, 15) is 19.2 Å². The van der Waals surface area contributed by atoms with Crippen molar-refractivity contribution < 1.29 is 23.9 Å². The number of carbonyl (C=O) groups is 4. The molecule has 44 heavy (non-hydrogen) atoms. The molecule has 0 aliphatic heterocycles. The van der Waals surface area contributed by atoms with Crippen LogP contribution in [0.3, 0.4) is 0 Å². The first-order valence-corrected chi connectivity index (χ1v) is 15.7. The number of unbranched alkanes of at least 4 members (excludes halogenated alkanes) is 1. The number of ether oxygens (including phenoxy) is 1. The van der Waals surface area contributed by atoms with E-state index in [1.54, 1.807) is 21.0 Å². The lowest BCUT2D eigenvalue weighted by Gasteiger charge is -2.34. The van der Waals surface area contributed by atoms with Crippen molar-refractivity contribution in [3.63, 3.8) is 0 Å². The molecular formula is C34H49N5O5. The quantitative estimate of drug-likeness (QED) is 0.228. The number of rotatable bonds is 15. The molecule has 1 aliphatic rings. The van der Waals surface area contributed by atoms with E-state index in [-0.39, 0.29) is 36.3 Å². The molecule has 10 heteroatoms. The van der Waals surface area contributed by atoms with Crippen LogP contribution in [0.1, 0.15) is 75.6 Å². The van der Waals surface area contributed by atoms with Crippen molar-refractivity contribution in [2.45, 2.75) is 90.1 Å². The fourth-order valence-electron chi connectivity index (χ4n) is 5.40. The molecule has 240 valence electrons. The number of nitrogens with zero attached hydrogens (tertiary/aromatic N) is 1. The highest BCUT2D eigenvalue weighted by molar-refractivity contribution is 5.93. The molecule has 0 radical (unpaired) electrons. The molecule has 4 atom stereocenters. The summed E-state index contributed by atoms with van der Waals surface area (Å²) in [6.45, 7) is 6.04. The van der Waals surface area contributed by atoms with Gasteiger partial charge in [0.1, 0.15) is 18.7 Å². The molecule has 2 aromatic carbocycles. The lowest BCUT2D eigenvalue weighted by Crippen LogP contribution is -2.57. The summed E-state index contributed by atoms with van der Waals surface area (Å²) >= 11 is 0. The Hall–Kier alpha value is -3.92. The standard InChI is InChI=1S/C34H49N5O5/c1-23(2)30(38-31(40)24(3)35-4)33(42)39(5)29(32(41)37-28-19-13-17-26-16-9-10-18-27(26)28)20-11-12-21-36-34(43)44-22-25-14-7-6-8-15-25/h6-10,14-16,18,23-24,28-30,35H,11-13,17,19-22H2,1-5H3,(H,36,43)(H,37,41)(H,38,40). The van der Waals surface area contributed by atoms with Crippen molar-refractivity contribution >= 4 is 23.8 Å². The Morgan fingerprint density at radius 3 is 2.36 bits per heavy atom. The van der Waals surface area contributed by atoms with Crippen molar-refractivity contribution in [3.05, 3.63) is 71.3 Å². The molecule has 0 bridgehead atoms. The Balaban J connectivity index is 1.65. The molecule has 0 fully saturated rings. The van der Waals surface area contributed by atoms with Gasteiger partial charge in [-0.3, -0.25) is 14.4 Å². The van der Waals surface area contributed by atoms with Crippen LogP contribution < -0.4 is 21.3 Å². The molecule has 0 aromatic heterocycles. The van der Waals surface area contributed by atoms with Crippen molar-refractivity contribution in [2.75, 3.05) is 20.6 Å². The maximum Gasteiger partial charge on any atom is 0.407 e.